The predicted octanol–water partition coefficient (Wildman–Crippen LogP) is 3.88. The van der Waals surface area contributed by atoms with Crippen molar-refractivity contribution in [3.05, 3.63) is 76.3 Å². The van der Waals surface area contributed by atoms with Crippen molar-refractivity contribution in [2.24, 2.45) is 5.10 Å². The number of hydrogen-bond acceptors (Lipinski definition) is 6. The number of amidine groups is 2. The SMILES string of the molecule is CCOC(=O)C1=C(SC)NN=C(c2ccccc2)N(c2ccc(C)cc2)C1=N. The van der Waals surface area contributed by atoms with Gasteiger partial charge in [-0.25, -0.2) is 4.79 Å². The fourth-order valence-corrected chi connectivity index (χ4v) is 3.32. The molecule has 0 saturated heterocycles. The maximum atomic E-state index is 12.7. The van der Waals surface area contributed by atoms with E-state index in [1.807, 2.05) is 67.8 Å². The third kappa shape index (κ3) is 3.94. The second-order valence-electron chi connectivity index (χ2n) is 6.06. The molecule has 0 spiro atoms. The maximum absolute atomic E-state index is 12.7. The molecule has 2 N–H and O–H groups in total. The van der Waals surface area contributed by atoms with Gasteiger partial charge in [0.15, 0.2) is 5.84 Å². The summed E-state index contributed by atoms with van der Waals surface area (Å²) >= 11 is 1.32. The first-order chi connectivity index (χ1) is 13.6. The second kappa shape index (κ2) is 8.75. The minimum absolute atomic E-state index is 0.0132. The first-order valence-corrected chi connectivity index (χ1v) is 10.1. The van der Waals surface area contributed by atoms with E-state index < -0.39 is 5.97 Å². The minimum atomic E-state index is -0.550. The van der Waals surface area contributed by atoms with Crippen molar-refractivity contribution in [1.29, 1.82) is 5.41 Å². The Bertz CT molecular complexity index is 937. The normalized spacial score (nSPS) is 14.3. The molecule has 0 aliphatic carbocycles. The average molecular weight is 395 g/mol. The zero-order valence-electron chi connectivity index (χ0n) is 16.0. The Morgan fingerprint density at radius 1 is 1.18 bits per heavy atom. The molecule has 3 rings (SSSR count). The number of benzene rings is 2. The number of ether oxygens (including phenoxy) is 1. The fraction of sp³-hybridized carbons (Fsp3) is 0.190. The van der Waals surface area contributed by atoms with E-state index in [4.69, 9.17) is 10.1 Å². The van der Waals surface area contributed by atoms with Crippen LogP contribution in [-0.2, 0) is 9.53 Å². The lowest BCUT2D eigenvalue weighted by Crippen LogP contribution is -2.39. The summed E-state index contributed by atoms with van der Waals surface area (Å²) in [6.45, 7) is 3.98. The first-order valence-electron chi connectivity index (χ1n) is 8.87. The van der Waals surface area contributed by atoms with Crippen LogP contribution in [0.1, 0.15) is 18.1 Å². The number of hydrazone groups is 1. The van der Waals surface area contributed by atoms with Crippen LogP contribution in [0.2, 0.25) is 0 Å². The summed E-state index contributed by atoms with van der Waals surface area (Å²) in [6.07, 6.45) is 1.83. The quantitative estimate of drug-likeness (QED) is 0.753. The Morgan fingerprint density at radius 2 is 1.86 bits per heavy atom. The molecule has 0 amide bonds. The number of esters is 1. The highest BCUT2D eigenvalue weighted by Gasteiger charge is 2.32. The number of anilines is 1. The minimum Gasteiger partial charge on any atom is -0.462 e. The van der Waals surface area contributed by atoms with Crippen molar-refractivity contribution < 1.29 is 9.53 Å². The Hall–Kier alpha value is -3.06. The van der Waals surface area contributed by atoms with Crippen LogP contribution in [0.5, 0.6) is 0 Å². The van der Waals surface area contributed by atoms with Crippen LogP contribution in [0.15, 0.2) is 70.3 Å². The lowest BCUT2D eigenvalue weighted by atomic mass is 10.1. The van der Waals surface area contributed by atoms with Crippen molar-refractivity contribution in [2.45, 2.75) is 13.8 Å². The topological polar surface area (TPSA) is 77.8 Å². The Balaban J connectivity index is 2.17. The number of nitrogens with one attached hydrogen (secondary N) is 2. The van der Waals surface area contributed by atoms with Gasteiger partial charge in [0, 0.05) is 11.3 Å². The molecule has 0 atom stereocenters. The van der Waals surface area contributed by atoms with Gasteiger partial charge in [0.1, 0.15) is 16.4 Å². The van der Waals surface area contributed by atoms with Crippen LogP contribution >= 0.6 is 11.8 Å². The first kappa shape index (κ1) is 19.7. The summed E-state index contributed by atoms with van der Waals surface area (Å²) < 4.78 is 5.22. The van der Waals surface area contributed by atoms with E-state index in [2.05, 4.69) is 10.5 Å². The summed E-state index contributed by atoms with van der Waals surface area (Å²) in [5.41, 5.74) is 5.78. The van der Waals surface area contributed by atoms with E-state index in [0.717, 1.165) is 16.8 Å². The van der Waals surface area contributed by atoms with E-state index in [1.54, 1.807) is 11.8 Å². The van der Waals surface area contributed by atoms with Crippen molar-refractivity contribution in [2.75, 3.05) is 17.8 Å². The van der Waals surface area contributed by atoms with Gasteiger partial charge in [-0.2, -0.15) is 5.10 Å². The fourth-order valence-electron chi connectivity index (χ4n) is 2.80. The highest BCUT2D eigenvalue weighted by Crippen LogP contribution is 2.27. The standard InChI is InChI=1S/C21H22N4O2S/c1-4-27-21(26)17-18(22)25(16-12-10-14(2)11-13-16)19(23-24-20(17)28-3)15-8-6-5-7-9-15/h5-13,22,24H,4H2,1-3H3. The molecule has 144 valence electrons. The molecule has 2 aromatic carbocycles. The number of thioether (sulfide) groups is 1. The van der Waals surface area contributed by atoms with Crippen LogP contribution < -0.4 is 10.3 Å². The smallest absolute Gasteiger partial charge is 0.344 e. The van der Waals surface area contributed by atoms with Crippen LogP contribution in [0.25, 0.3) is 0 Å². The number of rotatable bonds is 5. The van der Waals surface area contributed by atoms with E-state index in [-0.39, 0.29) is 18.0 Å². The summed E-state index contributed by atoms with van der Waals surface area (Å²) in [5, 5.41) is 13.9. The molecule has 0 saturated carbocycles. The van der Waals surface area contributed by atoms with Crippen LogP contribution in [0.4, 0.5) is 5.69 Å². The van der Waals surface area contributed by atoms with Gasteiger partial charge in [0.25, 0.3) is 0 Å². The predicted molar refractivity (Wildman–Crippen MR) is 115 cm³/mol. The molecule has 1 heterocycles. The number of carbonyl (C=O) groups is 1. The van der Waals surface area contributed by atoms with Gasteiger partial charge in [0.2, 0.25) is 0 Å². The highest BCUT2D eigenvalue weighted by molar-refractivity contribution is 8.02. The Kier molecular flexibility index (Phi) is 6.16. The van der Waals surface area contributed by atoms with Gasteiger partial charge in [-0.1, -0.05) is 48.0 Å². The number of aryl methyl sites for hydroxylation is 1. The van der Waals surface area contributed by atoms with Gasteiger partial charge < -0.3 is 4.74 Å². The molecule has 0 radical (unpaired) electrons. The summed E-state index contributed by atoms with van der Waals surface area (Å²) in [4.78, 5) is 14.3. The van der Waals surface area contributed by atoms with Gasteiger partial charge >= 0.3 is 5.97 Å². The van der Waals surface area contributed by atoms with E-state index in [0.29, 0.717) is 10.9 Å². The zero-order chi connectivity index (χ0) is 20.1. The van der Waals surface area contributed by atoms with Crippen molar-refractivity contribution >= 4 is 35.1 Å². The van der Waals surface area contributed by atoms with Gasteiger partial charge in [-0.15, -0.1) is 11.8 Å². The van der Waals surface area contributed by atoms with E-state index >= 15 is 0 Å². The van der Waals surface area contributed by atoms with Crippen LogP contribution in [0, 0.1) is 12.3 Å². The zero-order valence-corrected chi connectivity index (χ0v) is 16.8. The highest BCUT2D eigenvalue weighted by atomic mass is 32.2. The largest absolute Gasteiger partial charge is 0.462 e. The van der Waals surface area contributed by atoms with Gasteiger partial charge in [-0.3, -0.25) is 15.7 Å². The van der Waals surface area contributed by atoms with Gasteiger partial charge in [-0.05, 0) is 32.2 Å². The van der Waals surface area contributed by atoms with E-state index in [9.17, 15) is 4.79 Å². The molecule has 6 nitrogen and oxygen atoms in total. The maximum Gasteiger partial charge on any atom is 0.344 e. The molecular formula is C21H22N4O2S. The molecule has 0 unspecified atom stereocenters. The molecule has 1 aliphatic rings. The Morgan fingerprint density at radius 3 is 2.46 bits per heavy atom. The molecule has 7 heteroatoms. The summed E-state index contributed by atoms with van der Waals surface area (Å²) in [7, 11) is 0. The molecule has 0 fully saturated rings. The number of carbonyl (C=O) groups excluding carboxylic acids is 1. The lowest BCUT2D eigenvalue weighted by molar-refractivity contribution is -0.137. The monoisotopic (exact) mass is 394 g/mol. The Labute approximate surface area is 168 Å². The molecular weight excluding hydrogens is 372 g/mol. The van der Waals surface area contributed by atoms with Crippen molar-refractivity contribution in [3.8, 4) is 0 Å². The van der Waals surface area contributed by atoms with E-state index in [1.165, 1.54) is 11.8 Å². The van der Waals surface area contributed by atoms with Gasteiger partial charge in [0.05, 0.1) is 6.61 Å². The summed E-state index contributed by atoms with van der Waals surface area (Å²) in [6, 6.07) is 17.3. The van der Waals surface area contributed by atoms with Crippen molar-refractivity contribution in [3.63, 3.8) is 0 Å². The molecule has 0 bridgehead atoms. The average Bonchev–Trinajstić information content (AvgIpc) is 2.85. The molecule has 28 heavy (non-hydrogen) atoms. The number of hydrogen-bond donors (Lipinski definition) is 2. The van der Waals surface area contributed by atoms with Crippen LogP contribution in [-0.4, -0.2) is 30.5 Å². The molecule has 2 aromatic rings. The summed E-state index contributed by atoms with van der Waals surface area (Å²) in [5.74, 6) is -0.00877. The molecule has 1 aliphatic heterocycles. The third-order valence-corrected chi connectivity index (χ3v) is 4.87. The second-order valence-corrected chi connectivity index (χ2v) is 6.88. The van der Waals surface area contributed by atoms with Crippen molar-refractivity contribution in [1.82, 2.24) is 5.43 Å². The lowest BCUT2D eigenvalue weighted by Gasteiger charge is -2.26. The number of nitrogens with zero attached hydrogens (tertiary/aromatic N) is 2. The third-order valence-electron chi connectivity index (χ3n) is 4.17. The molecule has 0 aromatic heterocycles. The van der Waals surface area contributed by atoms with Crippen LogP contribution in [0.3, 0.4) is 0 Å².